The van der Waals surface area contributed by atoms with Crippen LogP contribution >= 0.6 is 0 Å². The normalized spacial score (nSPS) is 40.3. The number of hydrogen-bond acceptors (Lipinski definition) is 11. The van der Waals surface area contributed by atoms with Crippen LogP contribution in [0.5, 0.6) is 0 Å². The number of carbonyl (C=O) groups is 4. The summed E-state index contributed by atoms with van der Waals surface area (Å²) < 4.78 is 34.1. The fourth-order valence-electron chi connectivity index (χ4n) is 7.50. The summed E-state index contributed by atoms with van der Waals surface area (Å²) in [6.45, 7) is 7.09. The Bertz CT molecular complexity index is 1300. The molecule has 2 aliphatic heterocycles. The van der Waals surface area contributed by atoms with Gasteiger partial charge in [-0.3, -0.25) is 0 Å². The Morgan fingerprint density at radius 2 is 1.91 bits per heavy atom. The maximum absolute atomic E-state index is 13.4. The lowest BCUT2D eigenvalue weighted by Gasteiger charge is -2.48. The molecular weight excluding hydrogens is 562 g/mol. The van der Waals surface area contributed by atoms with E-state index in [1.165, 1.54) is 14.0 Å². The molecule has 2 aliphatic carbocycles. The van der Waals surface area contributed by atoms with Gasteiger partial charge in [-0.25, -0.2) is 19.2 Å². The van der Waals surface area contributed by atoms with Gasteiger partial charge in [-0.15, -0.1) is 0 Å². The summed E-state index contributed by atoms with van der Waals surface area (Å²) in [5.74, 6) is -5.56. The van der Waals surface area contributed by atoms with E-state index in [1.807, 2.05) is 32.1 Å². The van der Waals surface area contributed by atoms with Crippen molar-refractivity contribution in [2.45, 2.75) is 76.3 Å². The van der Waals surface area contributed by atoms with Crippen molar-refractivity contribution in [3.63, 3.8) is 0 Å². The molecule has 1 aromatic heterocycles. The van der Waals surface area contributed by atoms with Crippen LogP contribution in [0.4, 0.5) is 0 Å². The summed E-state index contributed by atoms with van der Waals surface area (Å²) in [4.78, 5) is 53.1. The van der Waals surface area contributed by atoms with Crippen LogP contribution in [0.2, 0.25) is 0 Å². The Hall–Kier alpha value is -3.48. The predicted octanol–water partition coefficient (Wildman–Crippen LogP) is 2.12. The molecule has 0 aromatic carbocycles. The summed E-state index contributed by atoms with van der Waals surface area (Å²) in [7, 11) is 2.47. The number of cyclic esters (lactones) is 1. The van der Waals surface area contributed by atoms with Gasteiger partial charge in [-0.05, 0) is 38.0 Å². The van der Waals surface area contributed by atoms with E-state index in [9.17, 15) is 24.3 Å². The van der Waals surface area contributed by atoms with Gasteiger partial charge in [-0.2, -0.15) is 0 Å². The number of hydrogen-bond donors (Lipinski definition) is 2. The Kier molecular flexibility index (Phi) is 8.56. The molecule has 4 bridgehead atoms. The maximum Gasteiger partial charge on any atom is 0.417 e. The van der Waals surface area contributed by atoms with Crippen molar-refractivity contribution < 1.29 is 52.7 Å². The molecule has 0 amide bonds. The Labute approximate surface area is 249 Å². The van der Waals surface area contributed by atoms with Crippen LogP contribution in [0, 0.1) is 29.6 Å². The molecule has 12 atom stereocenters. The third-order valence-corrected chi connectivity index (χ3v) is 9.57. The van der Waals surface area contributed by atoms with Gasteiger partial charge in [0, 0.05) is 42.9 Å². The first kappa shape index (κ1) is 31.0. The molecule has 4 aliphatic rings. The van der Waals surface area contributed by atoms with Crippen molar-refractivity contribution in [2.24, 2.45) is 29.6 Å². The molecule has 2 fully saturated rings. The lowest BCUT2D eigenvalue weighted by atomic mass is 9.57. The van der Waals surface area contributed by atoms with Gasteiger partial charge in [0.2, 0.25) is 0 Å². The van der Waals surface area contributed by atoms with E-state index >= 15 is 0 Å². The fraction of sp³-hybridized carbons (Fsp3) is 0.613. The zero-order valence-electron chi connectivity index (χ0n) is 25.1. The number of esters is 4. The number of methoxy groups -OCH3 is 2. The second-order valence-corrected chi connectivity index (χ2v) is 11.9. The van der Waals surface area contributed by atoms with Crippen LogP contribution in [0.3, 0.4) is 0 Å². The molecule has 1 spiro atoms. The first-order chi connectivity index (χ1) is 20.4. The molecule has 12 heteroatoms. The molecule has 3 heterocycles. The van der Waals surface area contributed by atoms with Crippen LogP contribution < -0.4 is 0 Å². The second-order valence-electron chi connectivity index (χ2n) is 11.9. The molecule has 12 nitrogen and oxygen atoms in total. The average Bonchev–Trinajstić information content (AvgIpc) is 3.59. The van der Waals surface area contributed by atoms with Gasteiger partial charge < -0.3 is 38.5 Å². The summed E-state index contributed by atoms with van der Waals surface area (Å²) in [5, 5.41) is 11.8. The molecule has 2 N–H and O–H groups in total. The topological polar surface area (TPSA) is 160 Å². The molecule has 1 aromatic rings. The van der Waals surface area contributed by atoms with Crippen molar-refractivity contribution in [1.29, 1.82) is 0 Å². The number of aromatic nitrogens is 1. The molecule has 43 heavy (non-hydrogen) atoms. The van der Waals surface area contributed by atoms with Gasteiger partial charge >= 0.3 is 23.9 Å². The van der Waals surface area contributed by atoms with Crippen LogP contribution in [-0.2, 0) is 42.8 Å². The SMILES string of the molecule is COC(=O)C(=O)O[C@H](C)[C@H]1OC(=O)[C@@H](OC)C[C@H]2C=CC3C4[C@H](O)[C@@H](C)[C@@H](OC(=O)c5ccc[nH]5)[C@@H]3O[C@]42/C(C)=C/[C@H]1C. The van der Waals surface area contributed by atoms with Gasteiger partial charge in [-0.1, -0.05) is 32.1 Å². The van der Waals surface area contributed by atoms with Crippen molar-refractivity contribution in [2.75, 3.05) is 14.2 Å². The summed E-state index contributed by atoms with van der Waals surface area (Å²) >= 11 is 0. The van der Waals surface area contributed by atoms with Crippen LogP contribution in [0.15, 0.2) is 42.1 Å². The minimum absolute atomic E-state index is 0.179. The smallest absolute Gasteiger partial charge is 0.417 e. The molecule has 5 rings (SSSR count). The number of rotatable bonds is 5. The summed E-state index contributed by atoms with van der Waals surface area (Å²) in [6, 6.07) is 3.32. The Morgan fingerprint density at radius 1 is 1.16 bits per heavy atom. The van der Waals surface area contributed by atoms with E-state index in [2.05, 4.69) is 9.72 Å². The van der Waals surface area contributed by atoms with Crippen LogP contribution in [0.1, 0.15) is 44.6 Å². The predicted molar refractivity (Wildman–Crippen MR) is 148 cm³/mol. The summed E-state index contributed by atoms with van der Waals surface area (Å²) in [5.41, 5.74) is 0.0398. The van der Waals surface area contributed by atoms with Crippen LogP contribution in [0.25, 0.3) is 0 Å². The van der Waals surface area contributed by atoms with Gasteiger partial charge in [0.05, 0.1) is 13.2 Å². The van der Waals surface area contributed by atoms with Crippen molar-refractivity contribution in [1.82, 2.24) is 4.98 Å². The van der Waals surface area contributed by atoms with Gasteiger partial charge in [0.1, 0.15) is 35.7 Å². The number of aliphatic hydroxyl groups excluding tert-OH is 1. The van der Waals surface area contributed by atoms with E-state index < -0.39 is 83.9 Å². The number of aromatic amines is 1. The zero-order chi connectivity index (χ0) is 31.2. The minimum atomic E-state index is -1.21. The van der Waals surface area contributed by atoms with E-state index in [-0.39, 0.29) is 18.3 Å². The van der Waals surface area contributed by atoms with Gasteiger partial charge in [0.25, 0.3) is 0 Å². The third kappa shape index (κ3) is 5.19. The minimum Gasteiger partial charge on any atom is -0.461 e. The summed E-state index contributed by atoms with van der Waals surface area (Å²) in [6.07, 6.45) is 2.53. The number of nitrogens with one attached hydrogen (secondary N) is 1. The van der Waals surface area contributed by atoms with Crippen molar-refractivity contribution in [3.8, 4) is 0 Å². The first-order valence-electron chi connectivity index (χ1n) is 14.5. The standard InChI is InChI=1S/C31H39NO11/c1-14-12-15(2)31-18(13-21(38-5)28(35)41-24(14)17(4)40-30(37)29(36)39-6)9-10-19-22(31)23(33)16(3)25(26(19)43-31)42-27(34)20-8-7-11-32-20/h7-12,14,16-19,21-26,32-33H,13H2,1-6H3/b15-12+/t14-,16-,17-,18-,19?,21+,22?,23-,24+,25-,26-,31+/m1/s1. The molecule has 1 saturated heterocycles. The second kappa shape index (κ2) is 11.9. The first-order valence-corrected chi connectivity index (χ1v) is 14.5. The Balaban J connectivity index is 1.53. The zero-order valence-corrected chi connectivity index (χ0v) is 25.1. The van der Waals surface area contributed by atoms with E-state index in [0.717, 1.165) is 12.7 Å². The highest BCUT2D eigenvalue weighted by molar-refractivity contribution is 6.29. The highest BCUT2D eigenvalue weighted by Crippen LogP contribution is 2.61. The molecule has 234 valence electrons. The van der Waals surface area contributed by atoms with Gasteiger partial charge in [0.15, 0.2) is 6.10 Å². The number of ether oxygens (including phenoxy) is 6. The van der Waals surface area contributed by atoms with E-state index in [1.54, 1.807) is 25.3 Å². The van der Waals surface area contributed by atoms with Crippen molar-refractivity contribution in [3.05, 3.63) is 47.8 Å². The lowest BCUT2D eigenvalue weighted by molar-refractivity contribution is -0.183. The lowest BCUT2D eigenvalue weighted by Crippen LogP contribution is -2.57. The Morgan fingerprint density at radius 3 is 2.56 bits per heavy atom. The van der Waals surface area contributed by atoms with Crippen molar-refractivity contribution >= 4 is 23.9 Å². The van der Waals surface area contributed by atoms with E-state index in [0.29, 0.717) is 5.69 Å². The molecular formula is C31H39NO11. The largest absolute Gasteiger partial charge is 0.461 e. The average molecular weight is 602 g/mol. The fourth-order valence-corrected chi connectivity index (χ4v) is 7.50. The molecule has 1 saturated carbocycles. The number of carbonyl (C=O) groups excluding carboxylic acids is 4. The highest BCUT2D eigenvalue weighted by atomic mass is 16.6. The quantitative estimate of drug-likeness (QED) is 0.220. The van der Waals surface area contributed by atoms with Crippen LogP contribution in [-0.4, -0.2) is 90.4 Å². The molecule has 0 radical (unpaired) electrons. The maximum atomic E-state index is 13.4. The molecule has 2 unspecified atom stereocenters. The number of H-pyrrole nitrogens is 1. The third-order valence-electron chi connectivity index (χ3n) is 9.57. The highest BCUT2D eigenvalue weighted by Gasteiger charge is 2.69. The monoisotopic (exact) mass is 601 g/mol. The van der Waals surface area contributed by atoms with E-state index in [4.69, 9.17) is 23.7 Å². The number of aliphatic hydroxyl groups is 1.